The van der Waals surface area contributed by atoms with Gasteiger partial charge in [0.05, 0.1) is 10.6 Å². The summed E-state index contributed by atoms with van der Waals surface area (Å²) < 4.78 is 0. The van der Waals surface area contributed by atoms with Gasteiger partial charge in [0.1, 0.15) is 0 Å². The van der Waals surface area contributed by atoms with Gasteiger partial charge in [-0.15, -0.1) is 0 Å². The van der Waals surface area contributed by atoms with Gasteiger partial charge in [0.15, 0.2) is 5.11 Å². The van der Waals surface area contributed by atoms with Gasteiger partial charge in [-0.25, -0.2) is 4.79 Å². The topological polar surface area (TPSA) is 78.4 Å². The van der Waals surface area contributed by atoms with Crippen LogP contribution in [-0.4, -0.2) is 22.1 Å². The van der Waals surface area contributed by atoms with E-state index < -0.39 is 5.97 Å². The number of hydrogen-bond acceptors (Lipinski definition) is 3. The molecular weight excluding hydrogens is 348 g/mol. The highest BCUT2D eigenvalue weighted by atomic mass is 35.5. The van der Waals surface area contributed by atoms with E-state index in [2.05, 4.69) is 10.6 Å². The number of carboxylic acid groups (broad SMARTS) is 1. The molecule has 0 atom stereocenters. The Bertz CT molecular complexity index is 837. The van der Waals surface area contributed by atoms with Crippen LogP contribution in [-0.2, 0) is 0 Å². The first kappa shape index (κ1) is 17.9. The average molecular weight is 363 g/mol. The number of carbonyl (C=O) groups excluding carboxylic acids is 1. The summed E-state index contributed by atoms with van der Waals surface area (Å²) in [5, 5.41) is 14.5. The standard InChI is InChI=1S/C17H15ClN2O3S/c1-9-3-4-11(7-10(9)2)15(21)20-17(24)19-12-5-6-13(16(22)23)14(18)8-12/h3-8H,1-2H3,(H,22,23)(H2,19,20,21,24). The van der Waals surface area contributed by atoms with Crippen LogP contribution in [0.15, 0.2) is 36.4 Å². The van der Waals surface area contributed by atoms with Crippen molar-refractivity contribution in [1.29, 1.82) is 0 Å². The van der Waals surface area contributed by atoms with E-state index in [0.29, 0.717) is 11.3 Å². The van der Waals surface area contributed by atoms with Crippen molar-refractivity contribution in [1.82, 2.24) is 5.32 Å². The fourth-order valence-corrected chi connectivity index (χ4v) is 2.46. The Labute approximate surface area is 149 Å². The number of aromatic carboxylic acids is 1. The number of nitrogens with one attached hydrogen (secondary N) is 2. The van der Waals surface area contributed by atoms with Gasteiger partial charge in [0.25, 0.3) is 5.91 Å². The quantitative estimate of drug-likeness (QED) is 0.724. The summed E-state index contributed by atoms with van der Waals surface area (Å²) in [6, 6.07) is 9.68. The Morgan fingerprint density at radius 1 is 1.08 bits per heavy atom. The zero-order valence-electron chi connectivity index (χ0n) is 13.0. The summed E-state index contributed by atoms with van der Waals surface area (Å²) in [5.74, 6) is -1.44. The maximum absolute atomic E-state index is 12.2. The number of benzene rings is 2. The highest BCUT2D eigenvalue weighted by molar-refractivity contribution is 7.80. The zero-order chi connectivity index (χ0) is 17.9. The Morgan fingerprint density at radius 2 is 1.79 bits per heavy atom. The van der Waals surface area contributed by atoms with E-state index >= 15 is 0 Å². The van der Waals surface area contributed by atoms with Gasteiger partial charge in [-0.3, -0.25) is 10.1 Å². The van der Waals surface area contributed by atoms with Gasteiger partial charge in [-0.1, -0.05) is 17.7 Å². The second kappa shape index (κ2) is 7.42. The maximum atomic E-state index is 12.2. The van der Waals surface area contributed by atoms with Crippen molar-refractivity contribution < 1.29 is 14.7 Å². The summed E-state index contributed by atoms with van der Waals surface area (Å²) in [6.07, 6.45) is 0. The summed E-state index contributed by atoms with van der Waals surface area (Å²) in [4.78, 5) is 23.1. The lowest BCUT2D eigenvalue weighted by atomic mass is 10.1. The molecule has 0 saturated carbocycles. The lowest BCUT2D eigenvalue weighted by Gasteiger charge is -2.11. The molecule has 0 heterocycles. The first-order valence-corrected chi connectivity index (χ1v) is 7.79. The molecule has 0 saturated heterocycles. The van der Waals surface area contributed by atoms with E-state index in [-0.39, 0.29) is 21.6 Å². The van der Waals surface area contributed by atoms with Gasteiger partial charge in [0.2, 0.25) is 0 Å². The summed E-state index contributed by atoms with van der Waals surface area (Å²) >= 11 is 11.0. The molecule has 0 radical (unpaired) electrons. The molecule has 0 aromatic heterocycles. The van der Waals surface area contributed by atoms with E-state index in [4.69, 9.17) is 28.9 Å². The first-order valence-electron chi connectivity index (χ1n) is 7.00. The number of carboxylic acids is 1. The fourth-order valence-electron chi connectivity index (χ4n) is 1.99. The molecule has 0 bridgehead atoms. The van der Waals surface area contributed by atoms with Crippen LogP contribution in [0.5, 0.6) is 0 Å². The lowest BCUT2D eigenvalue weighted by Crippen LogP contribution is -2.34. The molecule has 0 spiro atoms. The number of halogens is 1. The Morgan fingerprint density at radius 3 is 2.38 bits per heavy atom. The Kier molecular flexibility index (Phi) is 5.54. The van der Waals surface area contributed by atoms with Crippen LogP contribution in [0.2, 0.25) is 5.02 Å². The van der Waals surface area contributed by atoms with Crippen molar-refractivity contribution in [2.45, 2.75) is 13.8 Å². The molecule has 2 aromatic rings. The van der Waals surface area contributed by atoms with Gasteiger partial charge < -0.3 is 10.4 Å². The number of amides is 1. The van der Waals surface area contributed by atoms with Gasteiger partial charge in [0, 0.05) is 11.3 Å². The Hall–Kier alpha value is -2.44. The largest absolute Gasteiger partial charge is 0.478 e. The minimum Gasteiger partial charge on any atom is -0.478 e. The van der Waals surface area contributed by atoms with Crippen LogP contribution in [0.4, 0.5) is 5.69 Å². The third-order valence-electron chi connectivity index (χ3n) is 3.45. The highest BCUT2D eigenvalue weighted by Gasteiger charge is 2.11. The maximum Gasteiger partial charge on any atom is 0.337 e. The van der Waals surface area contributed by atoms with E-state index in [9.17, 15) is 9.59 Å². The predicted octanol–water partition coefficient (Wildman–Crippen LogP) is 3.78. The molecular formula is C17H15ClN2O3S. The molecule has 7 heteroatoms. The third kappa shape index (κ3) is 4.31. The molecule has 24 heavy (non-hydrogen) atoms. The van der Waals surface area contributed by atoms with Gasteiger partial charge in [-0.05, 0) is 67.5 Å². The second-order valence-electron chi connectivity index (χ2n) is 5.21. The Balaban J connectivity index is 2.05. The van der Waals surface area contributed by atoms with E-state index in [0.717, 1.165) is 11.1 Å². The minimum absolute atomic E-state index is 0.00713. The monoisotopic (exact) mass is 362 g/mol. The summed E-state index contributed by atoms with van der Waals surface area (Å²) in [6.45, 7) is 3.89. The normalized spacial score (nSPS) is 10.1. The minimum atomic E-state index is -1.11. The van der Waals surface area contributed by atoms with Crippen molar-refractivity contribution in [2.75, 3.05) is 5.32 Å². The molecule has 1 amide bonds. The van der Waals surface area contributed by atoms with Gasteiger partial charge in [-0.2, -0.15) is 0 Å². The van der Waals surface area contributed by atoms with Crippen LogP contribution in [0.25, 0.3) is 0 Å². The predicted molar refractivity (Wildman–Crippen MR) is 98.0 cm³/mol. The van der Waals surface area contributed by atoms with E-state index in [1.54, 1.807) is 12.1 Å². The highest BCUT2D eigenvalue weighted by Crippen LogP contribution is 2.21. The molecule has 124 valence electrons. The van der Waals surface area contributed by atoms with Crippen LogP contribution < -0.4 is 10.6 Å². The molecule has 0 aliphatic carbocycles. The molecule has 0 aliphatic rings. The number of thiocarbonyl (C=S) groups is 1. The first-order chi connectivity index (χ1) is 11.3. The molecule has 0 unspecified atom stereocenters. The van der Waals surface area contributed by atoms with E-state index in [1.165, 1.54) is 18.2 Å². The fraction of sp³-hybridized carbons (Fsp3) is 0.118. The van der Waals surface area contributed by atoms with Crippen LogP contribution >= 0.6 is 23.8 Å². The van der Waals surface area contributed by atoms with Crippen LogP contribution in [0.1, 0.15) is 31.8 Å². The number of carbonyl (C=O) groups is 2. The average Bonchev–Trinajstić information content (AvgIpc) is 2.49. The zero-order valence-corrected chi connectivity index (χ0v) is 14.6. The van der Waals surface area contributed by atoms with Crippen molar-refractivity contribution >= 4 is 46.5 Å². The summed E-state index contributed by atoms with van der Waals surface area (Å²) in [5.41, 5.74) is 3.09. The van der Waals surface area contributed by atoms with Crippen molar-refractivity contribution in [3.05, 3.63) is 63.7 Å². The smallest absolute Gasteiger partial charge is 0.337 e. The molecule has 3 N–H and O–H groups in total. The summed E-state index contributed by atoms with van der Waals surface area (Å²) in [7, 11) is 0. The SMILES string of the molecule is Cc1ccc(C(=O)NC(=S)Nc2ccc(C(=O)O)c(Cl)c2)cc1C. The van der Waals surface area contributed by atoms with Crippen molar-refractivity contribution in [3.63, 3.8) is 0 Å². The lowest BCUT2D eigenvalue weighted by molar-refractivity contribution is 0.0697. The van der Waals surface area contributed by atoms with Crippen LogP contribution in [0.3, 0.4) is 0 Å². The van der Waals surface area contributed by atoms with Crippen molar-refractivity contribution in [3.8, 4) is 0 Å². The third-order valence-corrected chi connectivity index (χ3v) is 3.97. The molecule has 5 nitrogen and oxygen atoms in total. The van der Waals surface area contributed by atoms with Crippen molar-refractivity contribution in [2.24, 2.45) is 0 Å². The molecule has 0 aliphatic heterocycles. The molecule has 2 rings (SSSR count). The number of anilines is 1. The second-order valence-corrected chi connectivity index (χ2v) is 6.02. The van der Waals surface area contributed by atoms with Crippen LogP contribution in [0, 0.1) is 13.8 Å². The number of rotatable bonds is 3. The number of hydrogen-bond donors (Lipinski definition) is 3. The molecule has 0 fully saturated rings. The molecule has 2 aromatic carbocycles. The number of aryl methyl sites for hydroxylation is 2. The van der Waals surface area contributed by atoms with Gasteiger partial charge >= 0.3 is 5.97 Å². The van der Waals surface area contributed by atoms with E-state index in [1.807, 2.05) is 19.9 Å².